The maximum atomic E-state index is 12.1. The Morgan fingerprint density at radius 3 is 2.74 bits per heavy atom. The summed E-state index contributed by atoms with van der Waals surface area (Å²) in [6.07, 6.45) is 1.42. The van der Waals surface area contributed by atoms with Crippen LogP contribution in [0, 0.1) is 10.1 Å². The zero-order valence-electron chi connectivity index (χ0n) is 12.1. The van der Waals surface area contributed by atoms with Gasteiger partial charge in [0.2, 0.25) is 0 Å². The molecule has 0 atom stereocenters. The molecule has 0 fully saturated rings. The van der Waals surface area contributed by atoms with E-state index in [1.807, 2.05) is 0 Å². The second kappa shape index (κ2) is 5.45. The summed E-state index contributed by atoms with van der Waals surface area (Å²) in [6, 6.07) is 9.40. The monoisotopic (exact) mass is 312 g/mol. The molecule has 0 aliphatic carbocycles. The lowest BCUT2D eigenvalue weighted by atomic mass is 10.0. The van der Waals surface area contributed by atoms with E-state index in [2.05, 4.69) is 5.32 Å². The molecular formula is C16H12N2O5. The van der Waals surface area contributed by atoms with Gasteiger partial charge >= 0.3 is 0 Å². The molecule has 0 saturated heterocycles. The Bertz CT molecular complexity index is 858. The van der Waals surface area contributed by atoms with Crippen LogP contribution in [0.25, 0.3) is 11.6 Å². The molecule has 116 valence electrons. The number of ether oxygens (including phenoxy) is 1. The molecule has 1 aliphatic heterocycles. The third-order valence-electron chi connectivity index (χ3n) is 3.53. The van der Waals surface area contributed by atoms with Gasteiger partial charge in [-0.3, -0.25) is 14.9 Å². The van der Waals surface area contributed by atoms with E-state index in [1.165, 1.54) is 19.3 Å². The van der Waals surface area contributed by atoms with Crippen LogP contribution >= 0.6 is 0 Å². The van der Waals surface area contributed by atoms with Gasteiger partial charge in [-0.25, -0.2) is 0 Å². The second-order valence-corrected chi connectivity index (χ2v) is 4.90. The number of nitro benzene ring substituents is 1. The smallest absolute Gasteiger partial charge is 0.280 e. The number of amides is 1. The molecule has 2 aromatic carbocycles. The Labute approximate surface area is 131 Å². The Balaban J connectivity index is 2.19. The quantitative estimate of drug-likeness (QED) is 0.515. The Morgan fingerprint density at radius 1 is 1.30 bits per heavy atom. The first-order chi connectivity index (χ1) is 11.0. The molecule has 1 amide bonds. The number of hydrogen-bond donors (Lipinski definition) is 2. The molecule has 0 spiro atoms. The number of nitrogens with one attached hydrogen (secondary N) is 1. The third kappa shape index (κ3) is 2.48. The molecule has 1 aliphatic rings. The lowest BCUT2D eigenvalue weighted by Gasteiger charge is -2.06. The van der Waals surface area contributed by atoms with Crippen molar-refractivity contribution in [3.8, 4) is 11.5 Å². The van der Waals surface area contributed by atoms with Crippen LogP contribution in [0.4, 0.5) is 11.4 Å². The number of carbonyl (C=O) groups is 1. The van der Waals surface area contributed by atoms with Crippen LogP contribution in [0.3, 0.4) is 0 Å². The van der Waals surface area contributed by atoms with Crippen LogP contribution in [0.15, 0.2) is 36.4 Å². The highest BCUT2D eigenvalue weighted by atomic mass is 16.6. The Kier molecular flexibility index (Phi) is 3.46. The lowest BCUT2D eigenvalue weighted by molar-refractivity contribution is -0.385. The molecule has 7 heteroatoms. The zero-order chi connectivity index (χ0) is 16.6. The lowest BCUT2D eigenvalue weighted by Crippen LogP contribution is -2.04. The van der Waals surface area contributed by atoms with Gasteiger partial charge in [0.1, 0.15) is 0 Å². The van der Waals surface area contributed by atoms with Crippen LogP contribution in [0.1, 0.15) is 11.1 Å². The van der Waals surface area contributed by atoms with E-state index in [1.54, 1.807) is 24.3 Å². The number of anilines is 1. The minimum atomic E-state index is -0.621. The third-order valence-corrected chi connectivity index (χ3v) is 3.53. The predicted molar refractivity (Wildman–Crippen MR) is 84.3 cm³/mol. The van der Waals surface area contributed by atoms with Crippen molar-refractivity contribution in [3.05, 3.63) is 57.6 Å². The SMILES string of the molecule is COc1cc(/C=C2/C(=O)Nc3ccccc32)c([N+](=O)[O-])cc1O. The van der Waals surface area contributed by atoms with E-state index in [0.717, 1.165) is 6.07 Å². The normalized spacial score (nSPS) is 14.5. The summed E-state index contributed by atoms with van der Waals surface area (Å²) in [4.78, 5) is 22.7. The van der Waals surface area contributed by atoms with Crippen LogP contribution in [0.2, 0.25) is 0 Å². The minimum absolute atomic E-state index is 0.0918. The van der Waals surface area contributed by atoms with Crippen molar-refractivity contribution in [2.24, 2.45) is 0 Å². The van der Waals surface area contributed by atoms with Gasteiger partial charge in [-0.1, -0.05) is 18.2 Å². The van der Waals surface area contributed by atoms with Gasteiger partial charge in [0.05, 0.1) is 23.7 Å². The predicted octanol–water partition coefficient (Wildman–Crippen LogP) is 2.80. The first-order valence-electron chi connectivity index (χ1n) is 6.69. The molecule has 7 nitrogen and oxygen atoms in total. The van der Waals surface area contributed by atoms with E-state index in [9.17, 15) is 20.0 Å². The topological polar surface area (TPSA) is 102 Å². The Hall–Kier alpha value is -3.35. The summed E-state index contributed by atoms with van der Waals surface area (Å²) in [7, 11) is 1.34. The van der Waals surface area contributed by atoms with E-state index in [4.69, 9.17) is 4.74 Å². The molecule has 0 aromatic heterocycles. The summed E-state index contributed by atoms with van der Waals surface area (Å²) >= 11 is 0. The molecule has 23 heavy (non-hydrogen) atoms. The van der Waals surface area contributed by atoms with Gasteiger partial charge in [0.25, 0.3) is 11.6 Å². The van der Waals surface area contributed by atoms with E-state index in [0.29, 0.717) is 16.8 Å². The number of hydrogen-bond acceptors (Lipinski definition) is 5. The summed E-state index contributed by atoms with van der Waals surface area (Å²) in [5.41, 5.74) is 1.49. The van der Waals surface area contributed by atoms with Gasteiger partial charge in [0.15, 0.2) is 11.5 Å². The number of para-hydroxylation sites is 1. The number of phenols is 1. The van der Waals surface area contributed by atoms with Crippen molar-refractivity contribution < 1.29 is 19.6 Å². The fraction of sp³-hybridized carbons (Fsp3) is 0.0625. The van der Waals surface area contributed by atoms with E-state index in [-0.39, 0.29) is 28.7 Å². The van der Waals surface area contributed by atoms with Gasteiger partial charge in [-0.15, -0.1) is 0 Å². The number of carbonyl (C=O) groups excluding carboxylic acids is 1. The van der Waals surface area contributed by atoms with Crippen molar-refractivity contribution >= 4 is 28.9 Å². The number of rotatable bonds is 3. The zero-order valence-corrected chi connectivity index (χ0v) is 12.1. The van der Waals surface area contributed by atoms with Gasteiger partial charge in [-0.05, 0) is 18.2 Å². The van der Waals surface area contributed by atoms with Crippen LogP contribution in [0.5, 0.6) is 11.5 Å². The average Bonchev–Trinajstić information content (AvgIpc) is 2.84. The standard InChI is InChI=1S/C16H12N2O5/c1-23-15-7-9(13(18(21)22)8-14(15)19)6-11-10-4-2-3-5-12(10)17-16(11)20/h2-8,19H,1H3,(H,17,20)/b11-6+. The number of fused-ring (bicyclic) bond motifs is 1. The fourth-order valence-electron chi connectivity index (χ4n) is 2.45. The van der Waals surface area contributed by atoms with Crippen LogP contribution < -0.4 is 10.1 Å². The molecule has 0 saturated carbocycles. The van der Waals surface area contributed by atoms with Crippen LogP contribution in [-0.4, -0.2) is 23.0 Å². The first-order valence-corrected chi connectivity index (χ1v) is 6.69. The molecule has 2 N–H and O–H groups in total. The maximum absolute atomic E-state index is 12.1. The highest BCUT2D eigenvalue weighted by Gasteiger charge is 2.25. The van der Waals surface area contributed by atoms with Crippen molar-refractivity contribution in [3.63, 3.8) is 0 Å². The van der Waals surface area contributed by atoms with Gasteiger partial charge in [0, 0.05) is 16.8 Å². The van der Waals surface area contributed by atoms with Crippen molar-refractivity contribution in [1.29, 1.82) is 0 Å². The number of benzene rings is 2. The molecule has 2 aromatic rings. The molecule has 3 rings (SSSR count). The maximum Gasteiger partial charge on any atom is 0.280 e. The number of phenolic OH excluding ortho intramolecular Hbond substituents is 1. The largest absolute Gasteiger partial charge is 0.504 e. The van der Waals surface area contributed by atoms with E-state index >= 15 is 0 Å². The fourth-order valence-corrected chi connectivity index (χ4v) is 2.45. The van der Waals surface area contributed by atoms with Crippen molar-refractivity contribution in [1.82, 2.24) is 0 Å². The Morgan fingerprint density at radius 2 is 2.04 bits per heavy atom. The molecular weight excluding hydrogens is 300 g/mol. The second-order valence-electron chi connectivity index (χ2n) is 4.90. The summed E-state index contributed by atoms with van der Waals surface area (Å²) in [5, 5.41) is 23.6. The minimum Gasteiger partial charge on any atom is -0.504 e. The van der Waals surface area contributed by atoms with Gasteiger partial charge in [-0.2, -0.15) is 0 Å². The van der Waals surface area contributed by atoms with Gasteiger partial charge < -0.3 is 15.2 Å². The first kappa shape index (κ1) is 14.6. The molecule has 0 radical (unpaired) electrons. The number of nitrogens with zero attached hydrogens (tertiary/aromatic N) is 1. The summed E-state index contributed by atoms with van der Waals surface area (Å²) in [6.45, 7) is 0. The van der Waals surface area contributed by atoms with Crippen molar-refractivity contribution in [2.75, 3.05) is 12.4 Å². The molecule has 1 heterocycles. The average molecular weight is 312 g/mol. The number of nitro groups is 1. The molecule has 0 unspecified atom stereocenters. The van der Waals surface area contributed by atoms with E-state index < -0.39 is 4.92 Å². The van der Waals surface area contributed by atoms with Crippen LogP contribution in [-0.2, 0) is 4.79 Å². The number of methoxy groups -OCH3 is 1. The molecule has 0 bridgehead atoms. The summed E-state index contributed by atoms with van der Waals surface area (Å²) in [5.74, 6) is -0.584. The summed E-state index contributed by atoms with van der Waals surface area (Å²) < 4.78 is 4.98. The number of aromatic hydroxyl groups is 1. The van der Waals surface area contributed by atoms with Crippen molar-refractivity contribution in [2.45, 2.75) is 0 Å². The highest BCUT2D eigenvalue weighted by molar-refractivity contribution is 6.35. The highest BCUT2D eigenvalue weighted by Crippen LogP contribution is 2.38.